The lowest BCUT2D eigenvalue weighted by Gasteiger charge is -2.26. The molecule has 0 spiro atoms. The van der Waals surface area contributed by atoms with Gasteiger partial charge in [0.05, 0.1) is 20.3 Å². The minimum Gasteiger partial charge on any atom is -0.493 e. The van der Waals surface area contributed by atoms with Crippen LogP contribution in [0.2, 0.25) is 0 Å². The molecule has 0 radical (unpaired) electrons. The SMILES string of the molecule is C=CCOc1ccc(CNCCCN2CCOCC2)cc1OC.Cl.Cl. The van der Waals surface area contributed by atoms with E-state index in [1.165, 1.54) is 5.56 Å². The molecule has 0 bridgehead atoms. The van der Waals surface area contributed by atoms with Crippen molar-refractivity contribution < 1.29 is 14.2 Å². The molecular formula is C18H30Cl2N2O3. The summed E-state index contributed by atoms with van der Waals surface area (Å²) >= 11 is 0. The Labute approximate surface area is 163 Å². The Kier molecular flexibility index (Phi) is 13.7. The lowest BCUT2D eigenvalue weighted by Crippen LogP contribution is -2.37. The fourth-order valence-corrected chi connectivity index (χ4v) is 2.58. The first-order valence-electron chi connectivity index (χ1n) is 8.25. The molecule has 7 heteroatoms. The summed E-state index contributed by atoms with van der Waals surface area (Å²) in [6.07, 6.45) is 2.88. The summed E-state index contributed by atoms with van der Waals surface area (Å²) in [6.45, 7) is 11.0. The fraction of sp³-hybridized carbons (Fsp3) is 0.556. The third-order valence-electron chi connectivity index (χ3n) is 3.85. The summed E-state index contributed by atoms with van der Waals surface area (Å²) in [5.74, 6) is 1.52. The van der Waals surface area contributed by atoms with Crippen LogP contribution in [0, 0.1) is 0 Å². The van der Waals surface area contributed by atoms with Crippen molar-refractivity contribution in [3.63, 3.8) is 0 Å². The highest BCUT2D eigenvalue weighted by atomic mass is 35.5. The van der Waals surface area contributed by atoms with E-state index in [9.17, 15) is 0 Å². The zero-order valence-electron chi connectivity index (χ0n) is 14.9. The average Bonchev–Trinajstić information content (AvgIpc) is 2.61. The zero-order chi connectivity index (χ0) is 16.3. The smallest absolute Gasteiger partial charge is 0.161 e. The van der Waals surface area contributed by atoms with Crippen molar-refractivity contribution in [2.75, 3.05) is 53.1 Å². The maximum absolute atomic E-state index is 5.56. The van der Waals surface area contributed by atoms with Crippen molar-refractivity contribution >= 4 is 24.8 Å². The second-order valence-electron chi connectivity index (χ2n) is 5.57. The van der Waals surface area contributed by atoms with Crippen LogP contribution in [-0.4, -0.2) is 58.0 Å². The molecule has 0 saturated carbocycles. The quantitative estimate of drug-likeness (QED) is 0.489. The minimum absolute atomic E-state index is 0. The number of nitrogens with one attached hydrogen (secondary N) is 1. The van der Waals surface area contributed by atoms with Crippen LogP contribution >= 0.6 is 24.8 Å². The van der Waals surface area contributed by atoms with Crippen LogP contribution in [0.5, 0.6) is 11.5 Å². The Morgan fingerprint density at radius 1 is 1.24 bits per heavy atom. The number of ether oxygens (including phenoxy) is 3. The number of methoxy groups -OCH3 is 1. The summed E-state index contributed by atoms with van der Waals surface area (Å²) in [5, 5.41) is 3.48. The van der Waals surface area contributed by atoms with Crippen molar-refractivity contribution in [1.29, 1.82) is 0 Å². The van der Waals surface area contributed by atoms with Crippen LogP contribution in [-0.2, 0) is 11.3 Å². The van der Waals surface area contributed by atoms with Gasteiger partial charge >= 0.3 is 0 Å². The highest BCUT2D eigenvalue weighted by Crippen LogP contribution is 2.28. The Morgan fingerprint density at radius 3 is 2.68 bits per heavy atom. The minimum atomic E-state index is 0. The Balaban J connectivity index is 0.00000288. The van der Waals surface area contributed by atoms with Crippen molar-refractivity contribution in [2.24, 2.45) is 0 Å². The van der Waals surface area contributed by atoms with E-state index in [0.29, 0.717) is 6.61 Å². The van der Waals surface area contributed by atoms with Gasteiger partial charge in [0.15, 0.2) is 11.5 Å². The van der Waals surface area contributed by atoms with Gasteiger partial charge in [-0.15, -0.1) is 24.8 Å². The molecular weight excluding hydrogens is 363 g/mol. The van der Waals surface area contributed by atoms with E-state index < -0.39 is 0 Å². The van der Waals surface area contributed by atoms with Crippen molar-refractivity contribution in [3.8, 4) is 11.5 Å². The monoisotopic (exact) mass is 392 g/mol. The molecule has 0 amide bonds. The third-order valence-corrected chi connectivity index (χ3v) is 3.85. The van der Waals surface area contributed by atoms with Gasteiger partial charge in [-0.2, -0.15) is 0 Å². The van der Waals surface area contributed by atoms with Gasteiger partial charge in [-0.05, 0) is 37.2 Å². The third kappa shape index (κ3) is 8.79. The zero-order valence-corrected chi connectivity index (χ0v) is 16.5. The van der Waals surface area contributed by atoms with Gasteiger partial charge in [-0.3, -0.25) is 4.90 Å². The summed E-state index contributed by atoms with van der Waals surface area (Å²) in [5.41, 5.74) is 1.19. The fourth-order valence-electron chi connectivity index (χ4n) is 2.58. The molecule has 5 nitrogen and oxygen atoms in total. The van der Waals surface area contributed by atoms with Crippen LogP contribution in [0.3, 0.4) is 0 Å². The van der Waals surface area contributed by atoms with E-state index in [-0.39, 0.29) is 24.8 Å². The summed E-state index contributed by atoms with van der Waals surface area (Å²) in [4.78, 5) is 2.46. The van der Waals surface area contributed by atoms with Gasteiger partial charge in [0.25, 0.3) is 0 Å². The lowest BCUT2D eigenvalue weighted by atomic mass is 10.2. The van der Waals surface area contributed by atoms with Gasteiger partial charge in [0.1, 0.15) is 6.61 Å². The van der Waals surface area contributed by atoms with E-state index in [4.69, 9.17) is 14.2 Å². The standard InChI is InChI=1S/C18H28N2O3.2ClH/c1-3-11-23-17-6-5-16(14-18(17)21-2)15-19-7-4-8-20-9-12-22-13-10-20;;/h3,5-6,14,19H,1,4,7-13,15H2,2H3;2*1H. The highest BCUT2D eigenvalue weighted by Gasteiger charge is 2.09. The largest absolute Gasteiger partial charge is 0.493 e. The number of morpholine rings is 1. The van der Waals surface area contributed by atoms with Crippen LogP contribution in [0.1, 0.15) is 12.0 Å². The van der Waals surface area contributed by atoms with E-state index in [0.717, 1.165) is 63.9 Å². The molecule has 0 aromatic heterocycles. The number of halogens is 2. The van der Waals surface area contributed by atoms with Crippen molar-refractivity contribution in [2.45, 2.75) is 13.0 Å². The molecule has 1 aliphatic heterocycles. The second-order valence-corrected chi connectivity index (χ2v) is 5.57. The Bertz CT molecular complexity index is 483. The van der Waals surface area contributed by atoms with E-state index in [2.05, 4.69) is 22.9 Å². The first kappa shape index (κ1) is 24.0. The molecule has 1 aromatic carbocycles. The first-order chi connectivity index (χ1) is 11.3. The van der Waals surface area contributed by atoms with E-state index in [1.54, 1.807) is 13.2 Å². The lowest BCUT2D eigenvalue weighted by molar-refractivity contribution is 0.0374. The topological polar surface area (TPSA) is 43.0 Å². The predicted molar refractivity (Wildman–Crippen MR) is 107 cm³/mol. The number of hydrogen-bond donors (Lipinski definition) is 1. The average molecular weight is 393 g/mol. The Morgan fingerprint density at radius 2 is 2.00 bits per heavy atom. The molecule has 0 unspecified atom stereocenters. The predicted octanol–water partition coefficient (Wildman–Crippen LogP) is 2.92. The molecule has 1 heterocycles. The van der Waals surface area contributed by atoms with Crippen LogP contribution < -0.4 is 14.8 Å². The summed E-state index contributed by atoms with van der Waals surface area (Å²) < 4.78 is 16.3. The van der Waals surface area contributed by atoms with Crippen LogP contribution in [0.4, 0.5) is 0 Å². The van der Waals surface area contributed by atoms with Gasteiger partial charge in [-0.1, -0.05) is 18.7 Å². The summed E-state index contributed by atoms with van der Waals surface area (Å²) in [6, 6.07) is 6.04. The maximum Gasteiger partial charge on any atom is 0.161 e. The first-order valence-corrected chi connectivity index (χ1v) is 8.25. The Hall–Kier alpha value is -0.980. The molecule has 144 valence electrons. The number of hydrogen-bond acceptors (Lipinski definition) is 5. The molecule has 1 N–H and O–H groups in total. The van der Waals surface area contributed by atoms with E-state index >= 15 is 0 Å². The second kappa shape index (κ2) is 14.2. The molecule has 1 aliphatic rings. The van der Waals surface area contributed by atoms with Gasteiger partial charge in [-0.25, -0.2) is 0 Å². The van der Waals surface area contributed by atoms with Gasteiger partial charge in [0, 0.05) is 19.6 Å². The molecule has 1 fully saturated rings. The molecule has 25 heavy (non-hydrogen) atoms. The van der Waals surface area contributed by atoms with Crippen molar-refractivity contribution in [3.05, 3.63) is 36.4 Å². The molecule has 0 aliphatic carbocycles. The molecule has 1 aromatic rings. The van der Waals surface area contributed by atoms with Gasteiger partial charge < -0.3 is 19.5 Å². The van der Waals surface area contributed by atoms with Crippen LogP contribution in [0.15, 0.2) is 30.9 Å². The molecule has 1 saturated heterocycles. The number of nitrogens with zero attached hydrogens (tertiary/aromatic N) is 1. The molecule has 0 atom stereocenters. The number of rotatable bonds is 10. The molecule has 2 rings (SSSR count). The van der Waals surface area contributed by atoms with E-state index in [1.807, 2.05) is 12.1 Å². The van der Waals surface area contributed by atoms with Crippen LogP contribution in [0.25, 0.3) is 0 Å². The normalized spacial score (nSPS) is 14.1. The van der Waals surface area contributed by atoms with Crippen molar-refractivity contribution in [1.82, 2.24) is 10.2 Å². The number of benzene rings is 1. The highest BCUT2D eigenvalue weighted by molar-refractivity contribution is 5.85. The summed E-state index contributed by atoms with van der Waals surface area (Å²) in [7, 11) is 1.66. The van der Waals surface area contributed by atoms with Gasteiger partial charge in [0.2, 0.25) is 0 Å². The maximum atomic E-state index is 5.56.